The first-order valence-corrected chi connectivity index (χ1v) is 5.54. The molecule has 0 saturated heterocycles. The third-order valence-electron chi connectivity index (χ3n) is 2.64. The number of nitrogens with zero attached hydrogens (tertiary/aromatic N) is 3. The van der Waals surface area contributed by atoms with E-state index in [2.05, 4.69) is 32.1 Å². The zero-order valence-corrected chi connectivity index (χ0v) is 9.45. The van der Waals surface area contributed by atoms with Gasteiger partial charge in [-0.05, 0) is 35.7 Å². The minimum Gasteiger partial charge on any atom is -0.289 e. The van der Waals surface area contributed by atoms with Crippen molar-refractivity contribution >= 4 is 21.6 Å². The summed E-state index contributed by atoms with van der Waals surface area (Å²) < 4.78 is 3.00. The van der Waals surface area contributed by atoms with Gasteiger partial charge in [-0.3, -0.25) is 4.40 Å². The summed E-state index contributed by atoms with van der Waals surface area (Å²) in [5, 5.41) is 0. The van der Waals surface area contributed by atoms with Crippen LogP contribution in [-0.2, 0) is 0 Å². The molecule has 14 heavy (non-hydrogen) atoms. The second kappa shape index (κ2) is 2.79. The highest BCUT2D eigenvalue weighted by Crippen LogP contribution is 2.39. The zero-order valence-electron chi connectivity index (χ0n) is 7.87. The second-order valence-corrected chi connectivity index (χ2v) is 4.61. The monoisotopic (exact) mass is 251 g/mol. The maximum Gasteiger partial charge on any atom is 0.154 e. The van der Waals surface area contributed by atoms with Gasteiger partial charge in [-0.25, -0.2) is 9.97 Å². The number of halogens is 1. The molecule has 3 nitrogen and oxygen atoms in total. The van der Waals surface area contributed by atoms with Crippen LogP contribution >= 0.6 is 15.9 Å². The van der Waals surface area contributed by atoms with Crippen LogP contribution in [0, 0.1) is 6.92 Å². The lowest BCUT2D eigenvalue weighted by atomic mass is 10.3. The van der Waals surface area contributed by atoms with Gasteiger partial charge in [0.25, 0.3) is 0 Å². The highest BCUT2D eigenvalue weighted by Gasteiger charge is 2.26. The molecular weight excluding hydrogens is 242 g/mol. The lowest BCUT2D eigenvalue weighted by Crippen LogP contribution is -1.90. The van der Waals surface area contributed by atoms with Crippen molar-refractivity contribution in [1.82, 2.24) is 14.4 Å². The molecule has 3 rings (SSSR count). The Morgan fingerprint density at radius 1 is 1.50 bits per heavy atom. The van der Waals surface area contributed by atoms with Crippen molar-refractivity contribution < 1.29 is 0 Å². The lowest BCUT2D eigenvalue weighted by Gasteiger charge is -1.97. The smallest absolute Gasteiger partial charge is 0.154 e. The Morgan fingerprint density at radius 3 is 3.00 bits per heavy atom. The molecule has 0 spiro atoms. The average Bonchev–Trinajstić information content (AvgIpc) is 2.93. The van der Waals surface area contributed by atoms with Crippen molar-refractivity contribution in [2.75, 3.05) is 0 Å². The first-order valence-electron chi connectivity index (χ1n) is 4.75. The van der Waals surface area contributed by atoms with Gasteiger partial charge in [-0.1, -0.05) is 0 Å². The van der Waals surface area contributed by atoms with Crippen molar-refractivity contribution in [2.24, 2.45) is 0 Å². The maximum absolute atomic E-state index is 4.61. The van der Waals surface area contributed by atoms with Crippen LogP contribution in [0.4, 0.5) is 0 Å². The number of hydrogen-bond donors (Lipinski definition) is 0. The van der Waals surface area contributed by atoms with E-state index < -0.39 is 0 Å². The second-order valence-electron chi connectivity index (χ2n) is 3.81. The summed E-state index contributed by atoms with van der Waals surface area (Å²) in [7, 11) is 0. The topological polar surface area (TPSA) is 30.2 Å². The zero-order chi connectivity index (χ0) is 9.71. The van der Waals surface area contributed by atoms with Gasteiger partial charge in [0.15, 0.2) is 5.65 Å². The molecule has 0 radical (unpaired) electrons. The molecule has 2 heterocycles. The third kappa shape index (κ3) is 1.17. The minimum atomic E-state index is 0.696. The molecule has 0 aliphatic heterocycles. The standard InChI is InChI=1S/C10H10BrN3/c1-6-9(11)10-13-8(7-2-3-7)4-14(10)5-12-6/h4-5,7H,2-3H2,1H3. The van der Waals surface area contributed by atoms with Gasteiger partial charge in [0.05, 0.1) is 15.9 Å². The Hall–Kier alpha value is -0.900. The van der Waals surface area contributed by atoms with Gasteiger partial charge >= 0.3 is 0 Å². The van der Waals surface area contributed by atoms with Crippen LogP contribution in [-0.4, -0.2) is 14.4 Å². The van der Waals surface area contributed by atoms with Gasteiger partial charge in [0.2, 0.25) is 0 Å². The third-order valence-corrected chi connectivity index (χ3v) is 3.56. The van der Waals surface area contributed by atoms with E-state index in [0.717, 1.165) is 15.8 Å². The molecule has 1 fully saturated rings. The van der Waals surface area contributed by atoms with Crippen LogP contribution in [0.2, 0.25) is 0 Å². The Labute approximate surface area is 90.3 Å². The highest BCUT2D eigenvalue weighted by atomic mass is 79.9. The fourth-order valence-corrected chi connectivity index (χ4v) is 2.00. The molecule has 4 heteroatoms. The van der Waals surface area contributed by atoms with E-state index >= 15 is 0 Å². The average molecular weight is 252 g/mol. The van der Waals surface area contributed by atoms with Gasteiger partial charge in [0, 0.05) is 12.1 Å². The minimum absolute atomic E-state index is 0.696. The SMILES string of the molecule is Cc1ncn2cc(C3CC3)nc2c1Br. The molecule has 1 aliphatic rings. The summed E-state index contributed by atoms with van der Waals surface area (Å²) in [6, 6.07) is 0. The van der Waals surface area contributed by atoms with E-state index in [1.54, 1.807) is 0 Å². The number of hydrogen-bond acceptors (Lipinski definition) is 2. The maximum atomic E-state index is 4.61. The van der Waals surface area contributed by atoms with Crippen LogP contribution < -0.4 is 0 Å². The molecule has 1 saturated carbocycles. The van der Waals surface area contributed by atoms with Gasteiger partial charge < -0.3 is 0 Å². The Balaban J connectivity index is 2.26. The largest absolute Gasteiger partial charge is 0.289 e. The molecule has 1 aliphatic carbocycles. The molecular formula is C10H10BrN3. The molecule has 2 aromatic heterocycles. The predicted molar refractivity (Wildman–Crippen MR) is 57.4 cm³/mol. The first kappa shape index (κ1) is 8.41. The normalized spacial score (nSPS) is 16.4. The lowest BCUT2D eigenvalue weighted by molar-refractivity contribution is 1.03. The number of aryl methyl sites for hydroxylation is 1. The molecule has 0 N–H and O–H groups in total. The fourth-order valence-electron chi connectivity index (χ4n) is 1.61. The molecule has 0 aromatic carbocycles. The van der Waals surface area contributed by atoms with Crippen LogP contribution in [0.3, 0.4) is 0 Å². The number of imidazole rings is 1. The summed E-state index contributed by atoms with van der Waals surface area (Å²) in [5.74, 6) is 0.696. The van der Waals surface area contributed by atoms with E-state index in [9.17, 15) is 0 Å². The molecule has 0 unspecified atom stereocenters. The summed E-state index contributed by atoms with van der Waals surface area (Å²) in [4.78, 5) is 8.89. The van der Waals surface area contributed by atoms with Crippen molar-refractivity contribution in [3.8, 4) is 0 Å². The van der Waals surface area contributed by atoms with Crippen LogP contribution in [0.25, 0.3) is 5.65 Å². The van der Waals surface area contributed by atoms with Crippen LogP contribution in [0.1, 0.15) is 30.1 Å². The molecule has 2 aromatic rings. The molecule has 0 bridgehead atoms. The molecule has 0 amide bonds. The summed E-state index contributed by atoms with van der Waals surface area (Å²) in [6.07, 6.45) is 6.49. The Kier molecular flexibility index (Phi) is 1.68. The van der Waals surface area contributed by atoms with Crippen molar-refractivity contribution in [3.63, 3.8) is 0 Å². The fraction of sp³-hybridized carbons (Fsp3) is 0.400. The van der Waals surface area contributed by atoms with Crippen LogP contribution in [0.5, 0.6) is 0 Å². The van der Waals surface area contributed by atoms with Gasteiger partial charge in [0.1, 0.15) is 6.33 Å². The van der Waals surface area contributed by atoms with Crippen LogP contribution in [0.15, 0.2) is 17.0 Å². The first-order chi connectivity index (χ1) is 6.75. The van der Waals surface area contributed by atoms with E-state index in [-0.39, 0.29) is 0 Å². The number of fused-ring (bicyclic) bond motifs is 1. The Bertz CT molecular complexity index is 499. The summed E-state index contributed by atoms with van der Waals surface area (Å²) in [5.41, 5.74) is 3.18. The summed E-state index contributed by atoms with van der Waals surface area (Å²) in [6.45, 7) is 1.98. The predicted octanol–water partition coefficient (Wildman–Crippen LogP) is 2.68. The number of aromatic nitrogens is 3. The Morgan fingerprint density at radius 2 is 2.29 bits per heavy atom. The quantitative estimate of drug-likeness (QED) is 0.781. The molecule has 72 valence electrons. The van der Waals surface area contributed by atoms with E-state index in [4.69, 9.17) is 0 Å². The van der Waals surface area contributed by atoms with Crippen molar-refractivity contribution in [1.29, 1.82) is 0 Å². The van der Waals surface area contributed by atoms with Gasteiger partial charge in [-0.2, -0.15) is 0 Å². The van der Waals surface area contributed by atoms with E-state index in [1.807, 2.05) is 17.7 Å². The van der Waals surface area contributed by atoms with Gasteiger partial charge in [-0.15, -0.1) is 0 Å². The van der Waals surface area contributed by atoms with Crippen molar-refractivity contribution in [2.45, 2.75) is 25.7 Å². The van der Waals surface area contributed by atoms with Crippen molar-refractivity contribution in [3.05, 3.63) is 28.4 Å². The summed E-state index contributed by atoms with van der Waals surface area (Å²) >= 11 is 3.52. The highest BCUT2D eigenvalue weighted by molar-refractivity contribution is 9.10. The number of rotatable bonds is 1. The molecule has 0 atom stereocenters. The van der Waals surface area contributed by atoms with E-state index in [1.165, 1.54) is 18.5 Å². The van der Waals surface area contributed by atoms with E-state index in [0.29, 0.717) is 5.92 Å².